The monoisotopic (exact) mass is 414 g/mol. The van der Waals surface area contributed by atoms with E-state index in [9.17, 15) is 13.0 Å². The SMILES string of the molecule is CCCCCC(CCCCCCCCCCCCCCCO)S(=O)(=O)[O-].[Na+]. The molecule has 0 bridgehead atoms. The number of aliphatic hydroxyl groups excluding tert-OH is 1. The molecule has 0 fully saturated rings. The summed E-state index contributed by atoms with van der Waals surface area (Å²) in [5.74, 6) is 0. The molecular weight excluding hydrogens is 371 g/mol. The quantitative estimate of drug-likeness (QED) is 0.189. The van der Waals surface area contributed by atoms with Gasteiger partial charge in [0.05, 0.1) is 10.1 Å². The molecule has 0 saturated heterocycles. The third-order valence-corrected chi connectivity index (χ3v) is 6.51. The molecular formula is C21H43NaO4S. The van der Waals surface area contributed by atoms with E-state index in [2.05, 4.69) is 6.92 Å². The van der Waals surface area contributed by atoms with Gasteiger partial charge in [-0.2, -0.15) is 0 Å². The maximum absolute atomic E-state index is 11.3. The molecule has 0 amide bonds. The van der Waals surface area contributed by atoms with Gasteiger partial charge in [-0.1, -0.05) is 103 Å². The smallest absolute Gasteiger partial charge is 0.748 e. The molecule has 0 rings (SSSR count). The molecule has 0 aromatic heterocycles. The molecule has 0 radical (unpaired) electrons. The van der Waals surface area contributed by atoms with Gasteiger partial charge in [-0.25, -0.2) is 8.42 Å². The second kappa shape index (κ2) is 21.6. The van der Waals surface area contributed by atoms with Crippen molar-refractivity contribution in [1.29, 1.82) is 0 Å². The van der Waals surface area contributed by atoms with E-state index in [1.54, 1.807) is 0 Å². The van der Waals surface area contributed by atoms with Gasteiger partial charge in [0.2, 0.25) is 0 Å². The molecule has 0 aromatic rings. The average Bonchev–Trinajstić information content (AvgIpc) is 2.59. The molecule has 27 heavy (non-hydrogen) atoms. The van der Waals surface area contributed by atoms with Crippen molar-refractivity contribution < 1.29 is 47.6 Å². The van der Waals surface area contributed by atoms with Crippen LogP contribution in [0.5, 0.6) is 0 Å². The number of rotatable bonds is 20. The first-order valence-corrected chi connectivity index (χ1v) is 12.5. The predicted molar refractivity (Wildman–Crippen MR) is 109 cm³/mol. The maximum atomic E-state index is 11.3. The minimum absolute atomic E-state index is 0. The van der Waals surface area contributed by atoms with Crippen LogP contribution < -0.4 is 29.6 Å². The van der Waals surface area contributed by atoms with Gasteiger partial charge < -0.3 is 9.66 Å². The minimum atomic E-state index is -4.13. The molecule has 158 valence electrons. The van der Waals surface area contributed by atoms with Gasteiger partial charge >= 0.3 is 29.6 Å². The van der Waals surface area contributed by atoms with Crippen molar-refractivity contribution in [3.63, 3.8) is 0 Å². The van der Waals surface area contributed by atoms with E-state index in [0.717, 1.165) is 51.4 Å². The molecule has 0 aliphatic rings. The first kappa shape index (κ1) is 30.1. The normalized spacial score (nSPS) is 12.7. The van der Waals surface area contributed by atoms with Crippen LogP contribution in [-0.4, -0.2) is 29.9 Å². The third kappa shape index (κ3) is 21.4. The molecule has 1 N–H and O–H groups in total. The van der Waals surface area contributed by atoms with Crippen LogP contribution >= 0.6 is 0 Å². The Labute approximate surface area is 191 Å². The van der Waals surface area contributed by atoms with Crippen LogP contribution in [0.4, 0.5) is 0 Å². The van der Waals surface area contributed by atoms with Crippen molar-refractivity contribution in [2.24, 2.45) is 0 Å². The fourth-order valence-electron chi connectivity index (χ4n) is 3.48. The molecule has 0 aliphatic heterocycles. The standard InChI is InChI=1S/C21H44O4S.Na/c1-2-3-15-18-21(26(23,24)25)19-16-13-11-9-7-5-4-6-8-10-12-14-17-20-22;/h21-22H,2-20H2,1H3,(H,23,24,25);/q;+1/p-1. The number of hydrogen-bond donors (Lipinski definition) is 1. The first-order chi connectivity index (χ1) is 12.5. The summed E-state index contributed by atoms with van der Waals surface area (Å²) in [5, 5.41) is 8.05. The van der Waals surface area contributed by atoms with Crippen LogP contribution in [0.25, 0.3) is 0 Å². The molecule has 6 heteroatoms. The maximum Gasteiger partial charge on any atom is 1.00 e. The van der Waals surface area contributed by atoms with Gasteiger partial charge in [0.1, 0.15) is 0 Å². The van der Waals surface area contributed by atoms with Gasteiger partial charge in [-0.3, -0.25) is 0 Å². The molecule has 0 heterocycles. The largest absolute Gasteiger partial charge is 1.00 e. The number of aliphatic hydroxyl groups is 1. The van der Waals surface area contributed by atoms with Crippen molar-refractivity contribution >= 4 is 10.1 Å². The fourth-order valence-corrected chi connectivity index (χ4v) is 4.39. The summed E-state index contributed by atoms with van der Waals surface area (Å²) in [5.41, 5.74) is 0. The van der Waals surface area contributed by atoms with Crippen LogP contribution in [0, 0.1) is 0 Å². The van der Waals surface area contributed by atoms with Crippen molar-refractivity contribution in [2.45, 2.75) is 128 Å². The van der Waals surface area contributed by atoms with Crippen LogP contribution in [0.1, 0.15) is 122 Å². The van der Waals surface area contributed by atoms with Crippen molar-refractivity contribution in [1.82, 2.24) is 0 Å². The third-order valence-electron chi connectivity index (χ3n) is 5.22. The van der Waals surface area contributed by atoms with Crippen molar-refractivity contribution in [3.05, 3.63) is 0 Å². The predicted octanol–water partition coefficient (Wildman–Crippen LogP) is 2.94. The summed E-state index contributed by atoms with van der Waals surface area (Å²) in [4.78, 5) is 0. The zero-order valence-electron chi connectivity index (χ0n) is 18.1. The molecule has 0 aromatic carbocycles. The Morgan fingerprint density at radius 1 is 0.667 bits per heavy atom. The summed E-state index contributed by atoms with van der Waals surface area (Å²) in [6.07, 6.45) is 19.4. The van der Waals surface area contributed by atoms with Gasteiger partial charge in [-0.15, -0.1) is 0 Å². The van der Waals surface area contributed by atoms with E-state index < -0.39 is 15.4 Å². The fraction of sp³-hybridized carbons (Fsp3) is 1.00. The molecule has 4 nitrogen and oxygen atoms in total. The van der Waals surface area contributed by atoms with E-state index in [4.69, 9.17) is 5.11 Å². The summed E-state index contributed by atoms with van der Waals surface area (Å²) in [6, 6.07) is 0. The Kier molecular flexibility index (Phi) is 24.0. The Morgan fingerprint density at radius 2 is 1.00 bits per heavy atom. The van der Waals surface area contributed by atoms with E-state index >= 15 is 0 Å². The van der Waals surface area contributed by atoms with Gasteiger partial charge in [-0.05, 0) is 19.3 Å². The number of hydrogen-bond acceptors (Lipinski definition) is 4. The number of unbranched alkanes of at least 4 members (excludes halogenated alkanes) is 14. The van der Waals surface area contributed by atoms with E-state index in [0.29, 0.717) is 19.4 Å². The summed E-state index contributed by atoms with van der Waals surface area (Å²) in [6.45, 7) is 2.41. The molecule has 0 saturated carbocycles. The first-order valence-electron chi connectivity index (χ1n) is 11.1. The van der Waals surface area contributed by atoms with Gasteiger partial charge in [0.15, 0.2) is 0 Å². The Balaban J connectivity index is 0. The summed E-state index contributed by atoms with van der Waals surface area (Å²) < 4.78 is 34.0. The van der Waals surface area contributed by atoms with E-state index in [1.165, 1.54) is 51.4 Å². The summed E-state index contributed by atoms with van der Waals surface area (Å²) in [7, 11) is -4.13. The zero-order valence-corrected chi connectivity index (χ0v) is 20.9. The zero-order chi connectivity index (χ0) is 19.5. The average molecular weight is 415 g/mol. The summed E-state index contributed by atoms with van der Waals surface area (Å²) >= 11 is 0. The molecule has 1 unspecified atom stereocenters. The molecule has 0 spiro atoms. The Hall–Kier alpha value is 0.870. The van der Waals surface area contributed by atoms with Gasteiger partial charge in [0, 0.05) is 11.9 Å². The Morgan fingerprint density at radius 3 is 1.33 bits per heavy atom. The van der Waals surface area contributed by atoms with Crippen LogP contribution in [0.15, 0.2) is 0 Å². The van der Waals surface area contributed by atoms with Gasteiger partial charge in [0.25, 0.3) is 0 Å². The topological polar surface area (TPSA) is 77.4 Å². The Bertz CT molecular complexity index is 388. The van der Waals surface area contributed by atoms with E-state index in [-0.39, 0.29) is 29.6 Å². The van der Waals surface area contributed by atoms with Crippen molar-refractivity contribution in [3.8, 4) is 0 Å². The minimum Gasteiger partial charge on any atom is -0.748 e. The van der Waals surface area contributed by atoms with E-state index in [1.807, 2.05) is 0 Å². The molecule has 1 atom stereocenters. The molecule has 0 aliphatic carbocycles. The van der Waals surface area contributed by atoms with Crippen LogP contribution in [0.2, 0.25) is 0 Å². The van der Waals surface area contributed by atoms with Crippen LogP contribution in [-0.2, 0) is 10.1 Å². The van der Waals surface area contributed by atoms with Crippen molar-refractivity contribution in [2.75, 3.05) is 6.61 Å². The second-order valence-corrected chi connectivity index (χ2v) is 9.37. The van der Waals surface area contributed by atoms with Crippen LogP contribution in [0.3, 0.4) is 0 Å². The second-order valence-electron chi connectivity index (χ2n) is 7.72.